The van der Waals surface area contributed by atoms with Gasteiger partial charge in [0.15, 0.2) is 0 Å². The van der Waals surface area contributed by atoms with Crippen LogP contribution in [0.1, 0.15) is 36.4 Å². The molecule has 1 N–H and O–H groups in total. The van der Waals surface area contributed by atoms with Crippen molar-refractivity contribution in [2.75, 3.05) is 13.2 Å². The van der Waals surface area contributed by atoms with Gasteiger partial charge in [-0.05, 0) is 36.6 Å². The molecule has 3 heteroatoms. The largest absolute Gasteiger partial charge is 0.493 e. The van der Waals surface area contributed by atoms with Crippen molar-refractivity contribution >= 4 is 12.4 Å². The summed E-state index contributed by atoms with van der Waals surface area (Å²) in [6.45, 7) is 2.02. The summed E-state index contributed by atoms with van der Waals surface area (Å²) in [6, 6.07) is 7.25. The van der Waals surface area contributed by atoms with Gasteiger partial charge in [0.1, 0.15) is 5.75 Å². The van der Waals surface area contributed by atoms with Crippen LogP contribution < -0.4 is 10.1 Å². The van der Waals surface area contributed by atoms with Gasteiger partial charge in [-0.1, -0.05) is 18.6 Å². The van der Waals surface area contributed by atoms with Gasteiger partial charge in [0.2, 0.25) is 0 Å². The number of ether oxygens (including phenoxy) is 1. The normalized spacial score (nSPS) is 23.1. The van der Waals surface area contributed by atoms with Gasteiger partial charge >= 0.3 is 0 Å². The van der Waals surface area contributed by atoms with Gasteiger partial charge in [0.25, 0.3) is 0 Å². The fourth-order valence-electron chi connectivity index (χ4n) is 2.56. The zero-order chi connectivity index (χ0) is 10.1. The van der Waals surface area contributed by atoms with Crippen LogP contribution in [0.2, 0.25) is 0 Å². The Labute approximate surface area is 103 Å². The second-order valence-electron chi connectivity index (χ2n) is 4.47. The topological polar surface area (TPSA) is 21.3 Å². The number of nitrogens with one attached hydrogen (secondary N) is 1. The first-order valence-corrected chi connectivity index (χ1v) is 5.92. The van der Waals surface area contributed by atoms with Crippen LogP contribution in [-0.2, 0) is 6.42 Å². The lowest BCUT2D eigenvalue weighted by molar-refractivity contribution is 0.356. The molecule has 0 aliphatic carbocycles. The minimum Gasteiger partial charge on any atom is -0.493 e. The van der Waals surface area contributed by atoms with Gasteiger partial charge in [0, 0.05) is 12.5 Å². The van der Waals surface area contributed by atoms with E-state index >= 15 is 0 Å². The maximum absolute atomic E-state index is 5.52. The number of halogens is 1. The SMILES string of the molecule is Cl.c1cc2c(cc1[C@@H]1CCCCN1)CCO2. The van der Waals surface area contributed by atoms with E-state index in [0.29, 0.717) is 6.04 Å². The van der Waals surface area contributed by atoms with Crippen molar-refractivity contribution in [2.45, 2.75) is 31.7 Å². The van der Waals surface area contributed by atoms with Gasteiger partial charge in [-0.15, -0.1) is 12.4 Å². The Kier molecular flexibility index (Phi) is 3.72. The molecular formula is C13H18ClNO. The van der Waals surface area contributed by atoms with Crippen molar-refractivity contribution < 1.29 is 4.74 Å². The molecule has 0 saturated carbocycles. The Hall–Kier alpha value is -0.730. The predicted octanol–water partition coefficient (Wildman–Crippen LogP) is 2.86. The van der Waals surface area contributed by atoms with E-state index in [1.807, 2.05) is 0 Å². The Morgan fingerprint density at radius 3 is 3.00 bits per heavy atom. The third kappa shape index (κ3) is 2.18. The first-order chi connectivity index (χ1) is 7.43. The molecule has 0 radical (unpaired) electrons. The molecule has 2 nitrogen and oxygen atoms in total. The maximum atomic E-state index is 5.52. The van der Waals surface area contributed by atoms with Crippen molar-refractivity contribution in [1.29, 1.82) is 0 Å². The smallest absolute Gasteiger partial charge is 0.122 e. The molecule has 2 aliphatic heterocycles. The highest BCUT2D eigenvalue weighted by atomic mass is 35.5. The van der Waals surface area contributed by atoms with Crippen LogP contribution in [0.25, 0.3) is 0 Å². The monoisotopic (exact) mass is 239 g/mol. The van der Waals surface area contributed by atoms with Gasteiger partial charge in [0.05, 0.1) is 6.61 Å². The van der Waals surface area contributed by atoms with Crippen LogP contribution in [0, 0.1) is 0 Å². The van der Waals surface area contributed by atoms with E-state index in [9.17, 15) is 0 Å². The summed E-state index contributed by atoms with van der Waals surface area (Å²) >= 11 is 0. The molecule has 2 heterocycles. The molecule has 1 saturated heterocycles. The van der Waals surface area contributed by atoms with Crippen LogP contribution in [0.4, 0.5) is 0 Å². The zero-order valence-corrected chi connectivity index (χ0v) is 10.2. The number of hydrogen-bond acceptors (Lipinski definition) is 2. The van der Waals surface area contributed by atoms with Gasteiger partial charge in [-0.3, -0.25) is 0 Å². The quantitative estimate of drug-likeness (QED) is 0.814. The summed E-state index contributed by atoms with van der Waals surface area (Å²) < 4.78 is 5.52. The highest BCUT2D eigenvalue weighted by molar-refractivity contribution is 5.85. The lowest BCUT2D eigenvalue weighted by Gasteiger charge is -2.24. The van der Waals surface area contributed by atoms with Crippen molar-refractivity contribution in [3.63, 3.8) is 0 Å². The molecular weight excluding hydrogens is 222 g/mol. The van der Waals surface area contributed by atoms with Gasteiger partial charge < -0.3 is 10.1 Å². The third-order valence-electron chi connectivity index (χ3n) is 3.43. The molecule has 0 amide bonds. The number of piperidine rings is 1. The van der Waals surface area contributed by atoms with Crippen molar-refractivity contribution in [3.05, 3.63) is 29.3 Å². The molecule has 88 valence electrons. The van der Waals surface area contributed by atoms with Crippen LogP contribution >= 0.6 is 12.4 Å². The molecule has 0 unspecified atom stereocenters. The minimum atomic E-state index is 0. The van der Waals surface area contributed by atoms with Crippen LogP contribution in [-0.4, -0.2) is 13.2 Å². The summed E-state index contributed by atoms with van der Waals surface area (Å²) in [7, 11) is 0. The Balaban J connectivity index is 0.000000963. The van der Waals surface area contributed by atoms with E-state index in [0.717, 1.165) is 25.3 Å². The standard InChI is InChI=1S/C13H17NO.ClH/c1-2-7-14-12(3-1)10-4-5-13-11(9-10)6-8-15-13;/h4-5,9,12,14H,1-3,6-8H2;1H/t12-;/m0./s1. The summed E-state index contributed by atoms with van der Waals surface area (Å²) in [5.74, 6) is 1.09. The first-order valence-electron chi connectivity index (χ1n) is 5.92. The molecule has 3 rings (SSSR count). The summed E-state index contributed by atoms with van der Waals surface area (Å²) in [5, 5.41) is 3.59. The molecule has 1 aromatic carbocycles. The number of fused-ring (bicyclic) bond motifs is 1. The van der Waals surface area contributed by atoms with Crippen molar-refractivity contribution in [1.82, 2.24) is 5.32 Å². The molecule has 0 bridgehead atoms. The Bertz CT molecular complexity index is 361. The highest BCUT2D eigenvalue weighted by Gasteiger charge is 2.18. The highest BCUT2D eigenvalue weighted by Crippen LogP contribution is 2.30. The molecule has 1 atom stereocenters. The van der Waals surface area contributed by atoms with Crippen LogP contribution in [0.3, 0.4) is 0 Å². The van der Waals surface area contributed by atoms with Gasteiger partial charge in [-0.2, -0.15) is 0 Å². The second-order valence-corrected chi connectivity index (χ2v) is 4.47. The maximum Gasteiger partial charge on any atom is 0.122 e. The molecule has 0 aromatic heterocycles. The molecule has 0 spiro atoms. The van der Waals surface area contributed by atoms with E-state index in [1.54, 1.807) is 0 Å². The fourth-order valence-corrected chi connectivity index (χ4v) is 2.56. The van der Waals surface area contributed by atoms with E-state index in [2.05, 4.69) is 23.5 Å². The Morgan fingerprint density at radius 2 is 2.19 bits per heavy atom. The van der Waals surface area contributed by atoms with E-state index in [1.165, 1.54) is 30.4 Å². The average molecular weight is 240 g/mol. The number of benzene rings is 1. The summed E-state index contributed by atoms with van der Waals surface area (Å²) in [4.78, 5) is 0. The number of rotatable bonds is 1. The molecule has 1 aromatic rings. The van der Waals surface area contributed by atoms with Crippen molar-refractivity contribution in [3.8, 4) is 5.75 Å². The second kappa shape index (κ2) is 5.07. The Morgan fingerprint density at radius 1 is 1.25 bits per heavy atom. The lowest BCUT2D eigenvalue weighted by atomic mass is 9.96. The first kappa shape index (κ1) is 11.7. The van der Waals surface area contributed by atoms with Crippen LogP contribution in [0.15, 0.2) is 18.2 Å². The van der Waals surface area contributed by atoms with Crippen LogP contribution in [0.5, 0.6) is 5.75 Å². The number of hydrogen-bond donors (Lipinski definition) is 1. The summed E-state index contributed by atoms with van der Waals surface area (Å²) in [6.07, 6.45) is 5.03. The third-order valence-corrected chi connectivity index (χ3v) is 3.43. The molecule has 2 aliphatic rings. The fraction of sp³-hybridized carbons (Fsp3) is 0.538. The van der Waals surface area contributed by atoms with Gasteiger partial charge in [-0.25, -0.2) is 0 Å². The van der Waals surface area contributed by atoms with Crippen molar-refractivity contribution in [2.24, 2.45) is 0 Å². The molecule has 1 fully saturated rings. The average Bonchev–Trinajstić information content (AvgIpc) is 2.77. The molecule has 16 heavy (non-hydrogen) atoms. The predicted molar refractivity (Wildman–Crippen MR) is 67.5 cm³/mol. The van der Waals surface area contributed by atoms with E-state index < -0.39 is 0 Å². The van der Waals surface area contributed by atoms with E-state index in [-0.39, 0.29) is 12.4 Å². The zero-order valence-electron chi connectivity index (χ0n) is 9.37. The lowest BCUT2D eigenvalue weighted by Crippen LogP contribution is -2.26. The summed E-state index contributed by atoms with van der Waals surface area (Å²) in [5.41, 5.74) is 2.83. The minimum absolute atomic E-state index is 0. The van der Waals surface area contributed by atoms with E-state index in [4.69, 9.17) is 4.74 Å².